The summed E-state index contributed by atoms with van der Waals surface area (Å²) >= 11 is 0. The normalized spacial score (nSPS) is 16.0. The van der Waals surface area contributed by atoms with Crippen molar-refractivity contribution < 1.29 is 14.3 Å². The lowest BCUT2D eigenvalue weighted by Crippen LogP contribution is -2.52. The SMILES string of the molecule is CC(C)C[C@H](NC(=O)CCc1ccccc1)C(=O)N1CCOCC1. The van der Waals surface area contributed by atoms with Crippen molar-refractivity contribution in [1.82, 2.24) is 10.2 Å². The smallest absolute Gasteiger partial charge is 0.245 e. The number of amides is 2. The van der Waals surface area contributed by atoms with Crippen molar-refractivity contribution in [1.29, 1.82) is 0 Å². The van der Waals surface area contributed by atoms with Crippen LogP contribution >= 0.6 is 0 Å². The van der Waals surface area contributed by atoms with Crippen LogP contribution < -0.4 is 5.32 Å². The first-order valence-corrected chi connectivity index (χ1v) is 8.76. The van der Waals surface area contributed by atoms with Gasteiger partial charge in [-0.2, -0.15) is 0 Å². The van der Waals surface area contributed by atoms with Crippen LogP contribution in [0.5, 0.6) is 0 Å². The minimum atomic E-state index is -0.439. The van der Waals surface area contributed by atoms with Gasteiger partial charge in [-0.15, -0.1) is 0 Å². The molecule has 2 amide bonds. The van der Waals surface area contributed by atoms with Gasteiger partial charge in [0.1, 0.15) is 6.04 Å². The molecule has 1 aliphatic rings. The largest absolute Gasteiger partial charge is 0.378 e. The zero-order valence-electron chi connectivity index (χ0n) is 14.7. The van der Waals surface area contributed by atoms with Gasteiger partial charge in [0.25, 0.3) is 0 Å². The Morgan fingerprint density at radius 3 is 2.46 bits per heavy atom. The zero-order valence-corrected chi connectivity index (χ0v) is 14.7. The third-order valence-corrected chi connectivity index (χ3v) is 4.15. The van der Waals surface area contributed by atoms with Gasteiger partial charge in [0.05, 0.1) is 13.2 Å². The molecular formula is C19H28N2O3. The van der Waals surface area contributed by atoms with E-state index >= 15 is 0 Å². The van der Waals surface area contributed by atoms with Gasteiger partial charge in [0.2, 0.25) is 11.8 Å². The van der Waals surface area contributed by atoms with Gasteiger partial charge in [0, 0.05) is 19.5 Å². The van der Waals surface area contributed by atoms with E-state index in [2.05, 4.69) is 19.2 Å². The van der Waals surface area contributed by atoms with Crippen molar-refractivity contribution in [3.05, 3.63) is 35.9 Å². The fourth-order valence-corrected chi connectivity index (χ4v) is 2.87. The quantitative estimate of drug-likeness (QED) is 0.831. The van der Waals surface area contributed by atoms with Crippen molar-refractivity contribution in [3.63, 3.8) is 0 Å². The predicted molar refractivity (Wildman–Crippen MR) is 93.5 cm³/mol. The lowest BCUT2D eigenvalue weighted by atomic mass is 10.0. The molecule has 24 heavy (non-hydrogen) atoms. The van der Waals surface area contributed by atoms with Crippen LogP contribution in [0.2, 0.25) is 0 Å². The van der Waals surface area contributed by atoms with E-state index in [1.165, 1.54) is 0 Å². The molecule has 0 bridgehead atoms. The molecule has 1 saturated heterocycles. The average Bonchev–Trinajstić information content (AvgIpc) is 2.60. The van der Waals surface area contributed by atoms with E-state index in [4.69, 9.17) is 4.74 Å². The number of benzene rings is 1. The monoisotopic (exact) mass is 332 g/mol. The second-order valence-electron chi connectivity index (χ2n) is 6.67. The molecule has 2 rings (SSSR count). The molecule has 0 aromatic heterocycles. The van der Waals surface area contributed by atoms with Crippen LogP contribution in [0.4, 0.5) is 0 Å². The first-order chi connectivity index (χ1) is 11.6. The van der Waals surface area contributed by atoms with Gasteiger partial charge in [-0.25, -0.2) is 0 Å². The molecule has 1 atom stereocenters. The molecule has 0 spiro atoms. The molecule has 0 saturated carbocycles. The van der Waals surface area contributed by atoms with E-state index in [9.17, 15) is 9.59 Å². The Kier molecular flexibility index (Phi) is 7.25. The lowest BCUT2D eigenvalue weighted by molar-refractivity contribution is -0.140. The molecule has 1 aromatic carbocycles. The third kappa shape index (κ3) is 5.96. The fourth-order valence-electron chi connectivity index (χ4n) is 2.87. The van der Waals surface area contributed by atoms with Gasteiger partial charge in [-0.3, -0.25) is 9.59 Å². The number of hydrogen-bond acceptors (Lipinski definition) is 3. The number of morpholine rings is 1. The predicted octanol–water partition coefficient (Wildman–Crippen LogP) is 2.01. The van der Waals surface area contributed by atoms with Crippen molar-refractivity contribution in [3.8, 4) is 0 Å². The highest BCUT2D eigenvalue weighted by Gasteiger charge is 2.27. The van der Waals surface area contributed by atoms with Gasteiger partial charge in [-0.05, 0) is 24.3 Å². The van der Waals surface area contributed by atoms with E-state index in [0.29, 0.717) is 51.5 Å². The third-order valence-electron chi connectivity index (χ3n) is 4.15. The first kappa shape index (κ1) is 18.5. The van der Waals surface area contributed by atoms with Crippen molar-refractivity contribution >= 4 is 11.8 Å². The zero-order chi connectivity index (χ0) is 17.4. The molecule has 1 aromatic rings. The number of carbonyl (C=O) groups excluding carboxylic acids is 2. The van der Waals surface area contributed by atoms with Gasteiger partial charge in [-0.1, -0.05) is 44.2 Å². The van der Waals surface area contributed by atoms with E-state index in [1.807, 2.05) is 30.3 Å². The molecule has 1 N–H and O–H groups in total. The summed E-state index contributed by atoms with van der Waals surface area (Å²) in [4.78, 5) is 26.8. The van der Waals surface area contributed by atoms with Crippen LogP contribution in [0.25, 0.3) is 0 Å². The number of ether oxygens (including phenoxy) is 1. The summed E-state index contributed by atoms with van der Waals surface area (Å²) in [6.07, 6.45) is 1.75. The molecule has 0 radical (unpaired) electrons. The Labute approximate surface area is 144 Å². The van der Waals surface area contributed by atoms with Crippen molar-refractivity contribution in [2.45, 2.75) is 39.2 Å². The highest BCUT2D eigenvalue weighted by Crippen LogP contribution is 2.11. The summed E-state index contributed by atoms with van der Waals surface area (Å²) in [5.74, 6) is 0.292. The minimum absolute atomic E-state index is 0.0139. The van der Waals surface area contributed by atoms with Crippen LogP contribution in [0.15, 0.2) is 30.3 Å². The molecule has 5 nitrogen and oxygen atoms in total. The molecule has 5 heteroatoms. The lowest BCUT2D eigenvalue weighted by Gasteiger charge is -2.31. The highest BCUT2D eigenvalue weighted by atomic mass is 16.5. The number of hydrogen-bond donors (Lipinski definition) is 1. The Bertz CT molecular complexity index is 525. The minimum Gasteiger partial charge on any atom is -0.378 e. The fraction of sp³-hybridized carbons (Fsp3) is 0.579. The number of nitrogens with zero attached hydrogens (tertiary/aromatic N) is 1. The van der Waals surface area contributed by atoms with Crippen LogP contribution in [0.3, 0.4) is 0 Å². The molecule has 0 unspecified atom stereocenters. The maximum Gasteiger partial charge on any atom is 0.245 e. The standard InChI is InChI=1S/C19H28N2O3/c1-15(2)14-17(19(23)21-10-12-24-13-11-21)20-18(22)9-8-16-6-4-3-5-7-16/h3-7,15,17H,8-14H2,1-2H3,(H,20,22)/t17-/m0/s1. The van der Waals surface area contributed by atoms with Gasteiger partial charge >= 0.3 is 0 Å². The molecule has 0 aliphatic carbocycles. The summed E-state index contributed by atoms with van der Waals surface area (Å²) in [6.45, 7) is 6.48. The van der Waals surface area contributed by atoms with E-state index < -0.39 is 6.04 Å². The second-order valence-corrected chi connectivity index (χ2v) is 6.67. The Balaban J connectivity index is 1.89. The van der Waals surface area contributed by atoms with Crippen LogP contribution in [0.1, 0.15) is 32.3 Å². The van der Waals surface area contributed by atoms with Crippen LogP contribution in [-0.2, 0) is 20.7 Å². The maximum absolute atomic E-state index is 12.7. The van der Waals surface area contributed by atoms with Gasteiger partial charge in [0.15, 0.2) is 0 Å². The molecule has 1 aliphatic heterocycles. The van der Waals surface area contributed by atoms with Crippen molar-refractivity contribution in [2.24, 2.45) is 5.92 Å². The molecular weight excluding hydrogens is 304 g/mol. The second kappa shape index (κ2) is 9.42. The highest BCUT2D eigenvalue weighted by molar-refractivity contribution is 5.87. The number of nitrogens with one attached hydrogen (secondary N) is 1. The maximum atomic E-state index is 12.7. The van der Waals surface area contributed by atoms with E-state index in [1.54, 1.807) is 4.90 Å². The molecule has 1 fully saturated rings. The summed E-state index contributed by atoms with van der Waals surface area (Å²) in [5.41, 5.74) is 1.13. The number of rotatable bonds is 7. The van der Waals surface area contributed by atoms with Crippen molar-refractivity contribution in [2.75, 3.05) is 26.3 Å². The Hall–Kier alpha value is -1.88. The molecule has 132 valence electrons. The Morgan fingerprint density at radius 2 is 1.83 bits per heavy atom. The van der Waals surface area contributed by atoms with Crippen LogP contribution in [-0.4, -0.2) is 49.1 Å². The topological polar surface area (TPSA) is 58.6 Å². The number of carbonyl (C=O) groups is 2. The van der Waals surface area contributed by atoms with E-state index in [0.717, 1.165) is 5.56 Å². The first-order valence-electron chi connectivity index (χ1n) is 8.76. The summed E-state index contributed by atoms with van der Waals surface area (Å²) in [7, 11) is 0. The average molecular weight is 332 g/mol. The molecule has 1 heterocycles. The summed E-state index contributed by atoms with van der Waals surface area (Å²) in [5, 5.41) is 2.94. The van der Waals surface area contributed by atoms with Crippen LogP contribution in [0, 0.1) is 5.92 Å². The summed E-state index contributed by atoms with van der Waals surface area (Å²) < 4.78 is 5.30. The number of aryl methyl sites for hydroxylation is 1. The Morgan fingerprint density at radius 1 is 1.17 bits per heavy atom. The van der Waals surface area contributed by atoms with E-state index in [-0.39, 0.29) is 11.8 Å². The van der Waals surface area contributed by atoms with Gasteiger partial charge < -0.3 is 15.0 Å². The summed E-state index contributed by atoms with van der Waals surface area (Å²) in [6, 6.07) is 9.48.